The van der Waals surface area contributed by atoms with Gasteiger partial charge < -0.3 is 10.0 Å². The van der Waals surface area contributed by atoms with Crippen molar-refractivity contribution >= 4 is 23.5 Å². The molecule has 0 spiro atoms. The fourth-order valence-electron chi connectivity index (χ4n) is 1.75. The Bertz CT molecular complexity index is 503. The quantitative estimate of drug-likeness (QED) is 0.820. The van der Waals surface area contributed by atoms with Crippen LogP contribution in [0.15, 0.2) is 12.1 Å². The molecule has 1 N–H and O–H groups in total. The van der Waals surface area contributed by atoms with E-state index in [9.17, 15) is 9.59 Å². The molecule has 0 unspecified atom stereocenters. The van der Waals surface area contributed by atoms with Crippen molar-refractivity contribution in [2.24, 2.45) is 0 Å². The average Bonchev–Trinajstić information content (AvgIpc) is 2.38. The first-order chi connectivity index (χ1) is 9.35. The third-order valence-corrected chi connectivity index (χ3v) is 3.11. The number of nitrogens with zero attached hydrogens (tertiary/aromatic N) is 2. The Hall–Kier alpha value is -1.62. The van der Waals surface area contributed by atoms with Gasteiger partial charge in [0.25, 0.3) is 5.91 Å². The molecule has 0 bridgehead atoms. The molecule has 0 aliphatic rings. The maximum Gasteiger partial charge on any atom is 0.305 e. The zero-order chi connectivity index (χ0) is 15.3. The van der Waals surface area contributed by atoms with E-state index in [2.05, 4.69) is 4.98 Å². The van der Waals surface area contributed by atoms with Gasteiger partial charge in [0.15, 0.2) is 0 Å². The van der Waals surface area contributed by atoms with Gasteiger partial charge in [-0.2, -0.15) is 0 Å². The van der Waals surface area contributed by atoms with Crippen LogP contribution in [0.5, 0.6) is 0 Å². The summed E-state index contributed by atoms with van der Waals surface area (Å²) in [5.74, 6) is -0.985. The van der Waals surface area contributed by atoms with Crippen LogP contribution < -0.4 is 0 Å². The smallest absolute Gasteiger partial charge is 0.305 e. The van der Waals surface area contributed by atoms with E-state index in [4.69, 9.17) is 16.7 Å². The lowest BCUT2D eigenvalue weighted by Gasteiger charge is -2.20. The van der Waals surface area contributed by atoms with Crippen molar-refractivity contribution in [3.8, 4) is 0 Å². The van der Waals surface area contributed by atoms with Gasteiger partial charge in [0.2, 0.25) is 0 Å². The Morgan fingerprint density at radius 1 is 1.40 bits per heavy atom. The second kappa shape index (κ2) is 7.24. The summed E-state index contributed by atoms with van der Waals surface area (Å²) in [5, 5.41) is 8.97. The summed E-state index contributed by atoms with van der Waals surface area (Å²) in [4.78, 5) is 28.6. The van der Waals surface area contributed by atoms with Crippen molar-refractivity contribution < 1.29 is 14.7 Å². The molecule has 0 atom stereocenters. The maximum atomic E-state index is 12.4. The van der Waals surface area contributed by atoms with Crippen LogP contribution >= 0.6 is 11.6 Å². The number of pyridine rings is 1. The molecule has 0 aliphatic carbocycles. The predicted octanol–water partition coefficient (Wildman–Crippen LogP) is 2.80. The van der Waals surface area contributed by atoms with E-state index in [0.717, 1.165) is 5.69 Å². The number of rotatable bonds is 6. The number of aromatic nitrogens is 1. The molecule has 20 heavy (non-hydrogen) atoms. The predicted molar refractivity (Wildman–Crippen MR) is 77.2 cm³/mol. The van der Waals surface area contributed by atoms with Gasteiger partial charge in [-0.15, -0.1) is 0 Å². The van der Waals surface area contributed by atoms with Gasteiger partial charge in [-0.25, -0.2) is 4.98 Å². The minimum Gasteiger partial charge on any atom is -0.481 e. The van der Waals surface area contributed by atoms with Gasteiger partial charge >= 0.3 is 5.97 Å². The van der Waals surface area contributed by atoms with Gasteiger partial charge in [0.1, 0.15) is 5.15 Å². The number of hydrogen-bond acceptors (Lipinski definition) is 3. The topological polar surface area (TPSA) is 70.5 Å². The summed E-state index contributed by atoms with van der Waals surface area (Å²) in [6.45, 7) is 6.38. The van der Waals surface area contributed by atoms with Gasteiger partial charge in [-0.3, -0.25) is 9.59 Å². The zero-order valence-corrected chi connectivity index (χ0v) is 12.6. The van der Waals surface area contributed by atoms with E-state index in [-0.39, 0.29) is 29.9 Å². The van der Waals surface area contributed by atoms with Crippen LogP contribution in [-0.2, 0) is 4.79 Å². The highest BCUT2D eigenvalue weighted by Crippen LogP contribution is 2.19. The first-order valence-corrected chi connectivity index (χ1v) is 6.91. The molecule has 110 valence electrons. The Labute approximate surface area is 123 Å². The lowest BCUT2D eigenvalue weighted by Crippen LogP contribution is -2.33. The van der Waals surface area contributed by atoms with E-state index < -0.39 is 5.97 Å². The molecule has 1 rings (SSSR count). The van der Waals surface area contributed by atoms with Crippen LogP contribution in [-0.4, -0.2) is 40.0 Å². The van der Waals surface area contributed by atoms with Crippen molar-refractivity contribution in [1.82, 2.24) is 9.88 Å². The number of hydrogen-bond donors (Lipinski definition) is 1. The van der Waals surface area contributed by atoms with Crippen molar-refractivity contribution in [3.05, 3.63) is 28.5 Å². The Kier molecular flexibility index (Phi) is 5.95. The second-order valence-corrected chi connectivity index (χ2v) is 5.17. The van der Waals surface area contributed by atoms with Gasteiger partial charge in [-0.05, 0) is 25.0 Å². The first-order valence-electron chi connectivity index (χ1n) is 6.53. The van der Waals surface area contributed by atoms with E-state index in [1.54, 1.807) is 6.07 Å². The fraction of sp³-hybridized carbons (Fsp3) is 0.500. The van der Waals surface area contributed by atoms with Gasteiger partial charge in [0.05, 0.1) is 6.42 Å². The number of aliphatic carboxylic acids is 1. The number of halogens is 1. The molecule has 1 aromatic heterocycles. The summed E-state index contributed by atoms with van der Waals surface area (Å²) < 4.78 is 0. The minimum atomic E-state index is -0.924. The third-order valence-electron chi connectivity index (χ3n) is 2.92. The summed E-state index contributed by atoms with van der Waals surface area (Å²) in [7, 11) is 0. The largest absolute Gasteiger partial charge is 0.481 e. The van der Waals surface area contributed by atoms with Gasteiger partial charge in [-0.1, -0.05) is 25.4 Å². The lowest BCUT2D eigenvalue weighted by molar-refractivity contribution is -0.137. The molecule has 0 aromatic carbocycles. The molecule has 0 fully saturated rings. The van der Waals surface area contributed by atoms with Crippen LogP contribution in [0.25, 0.3) is 0 Å². The average molecular weight is 299 g/mol. The maximum absolute atomic E-state index is 12.4. The normalized spacial score (nSPS) is 10.7. The van der Waals surface area contributed by atoms with Crippen LogP contribution in [0.4, 0.5) is 0 Å². The molecule has 5 nitrogen and oxygen atoms in total. The highest BCUT2D eigenvalue weighted by molar-refractivity contribution is 6.29. The Morgan fingerprint density at radius 3 is 2.55 bits per heavy atom. The summed E-state index contributed by atoms with van der Waals surface area (Å²) in [6, 6.07) is 3.22. The van der Waals surface area contributed by atoms with E-state index in [1.165, 1.54) is 11.0 Å². The molecule has 0 saturated carbocycles. The summed E-state index contributed by atoms with van der Waals surface area (Å²) >= 11 is 5.94. The monoisotopic (exact) mass is 298 g/mol. The van der Waals surface area contributed by atoms with Crippen molar-refractivity contribution in [1.29, 1.82) is 0 Å². The standard InChI is InChI=1S/C14H19ClN2O3/c1-4-17(6-5-13(18)19)14(20)10-7-11(9(2)3)16-12(15)8-10/h7-9H,4-6H2,1-3H3,(H,18,19). The molecule has 1 heterocycles. The number of carboxylic acid groups (broad SMARTS) is 1. The molecule has 1 aromatic rings. The van der Waals surface area contributed by atoms with Crippen molar-refractivity contribution in [3.63, 3.8) is 0 Å². The highest BCUT2D eigenvalue weighted by Gasteiger charge is 2.17. The molecule has 1 amide bonds. The molecular formula is C14H19ClN2O3. The first kappa shape index (κ1) is 16.4. The third kappa shape index (κ3) is 4.49. The number of amides is 1. The van der Waals surface area contributed by atoms with Crippen LogP contribution in [0.3, 0.4) is 0 Å². The molecule has 0 radical (unpaired) electrons. The summed E-state index contributed by atoms with van der Waals surface area (Å²) in [5.41, 5.74) is 1.19. The summed E-state index contributed by atoms with van der Waals surface area (Å²) in [6.07, 6.45) is -0.0740. The van der Waals surface area contributed by atoms with Crippen LogP contribution in [0.2, 0.25) is 5.15 Å². The Morgan fingerprint density at radius 2 is 2.05 bits per heavy atom. The number of carbonyl (C=O) groups excluding carboxylic acids is 1. The van der Waals surface area contributed by atoms with Crippen LogP contribution in [0.1, 0.15) is 49.2 Å². The molecule has 6 heteroatoms. The van der Waals surface area contributed by atoms with E-state index in [1.807, 2.05) is 20.8 Å². The molecular weight excluding hydrogens is 280 g/mol. The fourth-order valence-corrected chi connectivity index (χ4v) is 1.97. The number of carboxylic acids is 1. The lowest BCUT2D eigenvalue weighted by atomic mass is 10.1. The van der Waals surface area contributed by atoms with Crippen LogP contribution in [0, 0.1) is 0 Å². The number of carbonyl (C=O) groups is 2. The van der Waals surface area contributed by atoms with E-state index >= 15 is 0 Å². The van der Waals surface area contributed by atoms with Crippen molar-refractivity contribution in [2.45, 2.75) is 33.1 Å². The van der Waals surface area contributed by atoms with E-state index in [0.29, 0.717) is 12.1 Å². The van der Waals surface area contributed by atoms with Gasteiger partial charge in [0, 0.05) is 24.3 Å². The zero-order valence-electron chi connectivity index (χ0n) is 11.9. The minimum absolute atomic E-state index is 0.0740. The molecule has 0 saturated heterocycles. The molecule has 0 aliphatic heterocycles. The van der Waals surface area contributed by atoms with Crippen molar-refractivity contribution in [2.75, 3.05) is 13.1 Å². The SMILES string of the molecule is CCN(CCC(=O)O)C(=O)c1cc(Cl)nc(C(C)C)c1. The second-order valence-electron chi connectivity index (χ2n) is 4.79. The Balaban J connectivity index is 2.97. The highest BCUT2D eigenvalue weighted by atomic mass is 35.5.